The molecule has 0 aliphatic heterocycles. The fourth-order valence-electron chi connectivity index (χ4n) is 3.06. The van der Waals surface area contributed by atoms with E-state index in [2.05, 4.69) is 6.92 Å². The van der Waals surface area contributed by atoms with Gasteiger partial charge in [-0.05, 0) is 0 Å². The van der Waals surface area contributed by atoms with Crippen molar-refractivity contribution in [1.82, 2.24) is 0 Å². The van der Waals surface area contributed by atoms with Crippen molar-refractivity contribution in [3.63, 3.8) is 0 Å². The molecular formula is C21H39NaO7S. The second kappa shape index (κ2) is 21.8. The van der Waals surface area contributed by atoms with Crippen LogP contribution in [0.3, 0.4) is 0 Å². The van der Waals surface area contributed by atoms with Crippen molar-refractivity contribution < 1.29 is 32.8 Å². The predicted molar refractivity (Wildman–Crippen MR) is 121 cm³/mol. The maximum atomic E-state index is 10.6. The van der Waals surface area contributed by atoms with Crippen LogP contribution in [0.5, 0.6) is 0 Å². The first-order chi connectivity index (χ1) is 14.1. The van der Waals surface area contributed by atoms with E-state index in [1.54, 1.807) is 0 Å². The molecule has 3 N–H and O–H groups in total. The van der Waals surface area contributed by atoms with Gasteiger partial charge in [-0.15, -0.1) is 0 Å². The van der Waals surface area contributed by atoms with E-state index in [1.807, 2.05) is 0 Å². The topological polar surface area (TPSA) is 129 Å². The molecule has 0 radical (unpaired) electrons. The van der Waals surface area contributed by atoms with Crippen molar-refractivity contribution in [3.05, 3.63) is 12.2 Å². The fraction of sp³-hybridized carbons (Fsp3) is 0.810. The Morgan fingerprint density at radius 2 is 1.13 bits per heavy atom. The van der Waals surface area contributed by atoms with Crippen LogP contribution in [0, 0.1) is 0 Å². The van der Waals surface area contributed by atoms with Gasteiger partial charge in [0.1, 0.15) is 0 Å². The zero-order chi connectivity index (χ0) is 23.3. The molecule has 30 heavy (non-hydrogen) atoms. The van der Waals surface area contributed by atoms with Gasteiger partial charge in [-0.3, -0.25) is 0 Å². The Bertz CT molecular complexity index is 546. The van der Waals surface area contributed by atoms with E-state index in [1.165, 1.54) is 77.0 Å². The molecule has 1 unspecified atom stereocenters. The Kier molecular flexibility index (Phi) is 23.1. The van der Waals surface area contributed by atoms with Crippen LogP contribution in [-0.4, -0.2) is 68.8 Å². The van der Waals surface area contributed by atoms with Crippen molar-refractivity contribution in [1.29, 1.82) is 0 Å². The summed E-state index contributed by atoms with van der Waals surface area (Å²) >= 11 is 1.13. The number of hydrogen-bond acceptors (Lipinski definition) is 4. The van der Waals surface area contributed by atoms with Crippen LogP contribution in [0.25, 0.3) is 0 Å². The van der Waals surface area contributed by atoms with Gasteiger partial charge < -0.3 is 10.2 Å². The first-order valence-electron chi connectivity index (χ1n) is 11.2. The SMILES string of the molecule is CCCCCCCCCCCCC[CH]([Na])CCCS(=O)(=O)O.O=C(O)/C=C\C(=O)O. The molecular weight excluding hydrogens is 419 g/mol. The quantitative estimate of drug-likeness (QED) is 0.114. The summed E-state index contributed by atoms with van der Waals surface area (Å²) in [6, 6.07) is 0. The average molecular weight is 459 g/mol. The third-order valence-electron chi connectivity index (χ3n) is 4.77. The van der Waals surface area contributed by atoms with Crippen LogP contribution in [0.1, 0.15) is 96.8 Å². The third-order valence-corrected chi connectivity index (χ3v) is 6.73. The Morgan fingerprint density at radius 3 is 1.50 bits per heavy atom. The van der Waals surface area contributed by atoms with E-state index in [9.17, 15) is 18.0 Å². The zero-order valence-corrected chi connectivity index (χ0v) is 21.5. The normalized spacial score (nSPS) is 12.4. The van der Waals surface area contributed by atoms with Crippen LogP contribution in [0.2, 0.25) is 3.17 Å². The average Bonchev–Trinajstić information content (AvgIpc) is 2.64. The first-order valence-corrected chi connectivity index (χ1v) is 13.9. The maximum absolute atomic E-state index is 10.6. The molecule has 0 aliphatic carbocycles. The molecule has 0 heterocycles. The van der Waals surface area contributed by atoms with Crippen LogP contribution in [0.4, 0.5) is 0 Å². The first kappa shape index (κ1) is 31.8. The van der Waals surface area contributed by atoms with Gasteiger partial charge in [-0.1, -0.05) is 13.3 Å². The number of carbonyl (C=O) groups is 2. The van der Waals surface area contributed by atoms with Gasteiger partial charge in [0.05, 0.1) is 0 Å². The van der Waals surface area contributed by atoms with E-state index in [4.69, 9.17) is 14.8 Å². The van der Waals surface area contributed by atoms with Gasteiger partial charge >= 0.3 is 155 Å². The second-order valence-electron chi connectivity index (χ2n) is 7.87. The Hall–Kier alpha value is -0.410. The van der Waals surface area contributed by atoms with Crippen LogP contribution >= 0.6 is 0 Å². The van der Waals surface area contributed by atoms with E-state index in [0.29, 0.717) is 21.7 Å². The van der Waals surface area contributed by atoms with Gasteiger partial charge in [-0.25, -0.2) is 9.59 Å². The van der Waals surface area contributed by atoms with Gasteiger partial charge in [0.2, 0.25) is 0 Å². The third kappa shape index (κ3) is 32.3. The minimum Gasteiger partial charge on any atom is -0.478 e. The van der Waals surface area contributed by atoms with Crippen molar-refractivity contribution in [3.8, 4) is 0 Å². The smallest absolute Gasteiger partial charge is 0.328 e. The van der Waals surface area contributed by atoms with Crippen LogP contribution in [-0.2, 0) is 19.7 Å². The van der Waals surface area contributed by atoms with Gasteiger partial charge in [-0.2, -0.15) is 0 Å². The molecule has 0 fully saturated rings. The molecule has 1 atom stereocenters. The molecule has 0 spiro atoms. The number of carboxylic acids is 2. The minimum absolute atomic E-state index is 0.0655. The summed E-state index contributed by atoms with van der Waals surface area (Å²) in [7, 11) is -3.75. The zero-order valence-electron chi connectivity index (χ0n) is 18.7. The largest absolute Gasteiger partial charge is 0.478 e. The minimum atomic E-state index is -3.75. The summed E-state index contributed by atoms with van der Waals surface area (Å²) < 4.78 is 30.7. The number of hydrogen-bond donors (Lipinski definition) is 3. The summed E-state index contributed by atoms with van der Waals surface area (Å²) in [5.74, 6) is -2.58. The van der Waals surface area contributed by atoms with Gasteiger partial charge in [0.15, 0.2) is 0 Å². The van der Waals surface area contributed by atoms with Crippen LogP contribution < -0.4 is 0 Å². The number of rotatable bonds is 18. The Balaban J connectivity index is 0. The molecule has 172 valence electrons. The summed E-state index contributed by atoms with van der Waals surface area (Å²) in [6.45, 7) is 2.26. The number of aliphatic carboxylic acids is 2. The summed E-state index contributed by atoms with van der Waals surface area (Å²) in [5, 5.41) is 15.6. The second-order valence-corrected chi connectivity index (χ2v) is 11.1. The molecule has 7 nitrogen and oxygen atoms in total. The van der Waals surface area contributed by atoms with Gasteiger partial charge in [0.25, 0.3) is 0 Å². The summed E-state index contributed by atoms with van der Waals surface area (Å²) in [5.41, 5.74) is 0. The predicted octanol–water partition coefficient (Wildman–Crippen LogP) is 5.02. The maximum Gasteiger partial charge on any atom is 0.328 e. The van der Waals surface area contributed by atoms with Crippen molar-refractivity contribution in [2.75, 3.05) is 5.75 Å². The molecule has 0 aliphatic rings. The standard InChI is InChI=1S/C17H35O3S.C4H4O4.Na/c1-2-3-4-5-6-7-8-9-10-11-12-13-14-15-16-17-21(18,19)20;5-3(6)1-2-4(7)8;/h14H,2-13,15-17H2,1H3,(H,18,19,20);1-2H,(H,5,6)(H,7,8);/b;2-1-;. The Morgan fingerprint density at radius 1 is 0.767 bits per heavy atom. The van der Waals surface area contributed by atoms with E-state index in [0.717, 1.165) is 34.4 Å². The van der Waals surface area contributed by atoms with E-state index >= 15 is 0 Å². The monoisotopic (exact) mass is 458 g/mol. The Labute approximate surface area is 199 Å². The molecule has 0 aromatic heterocycles. The number of unbranched alkanes of at least 4 members (excludes halogenated alkanes) is 10. The van der Waals surface area contributed by atoms with Crippen molar-refractivity contribution in [2.45, 2.75) is 100.0 Å². The number of carboxylic acid groups (broad SMARTS) is 2. The molecule has 0 aromatic carbocycles. The summed E-state index contributed by atoms with van der Waals surface area (Å²) in [6.07, 6.45) is 19.1. The molecule has 0 bridgehead atoms. The molecule has 0 aromatic rings. The molecule has 9 heteroatoms. The van der Waals surface area contributed by atoms with Crippen molar-refractivity contribution >= 4 is 50.0 Å². The fourth-order valence-corrected chi connectivity index (χ4v) is 4.41. The molecule has 0 rings (SSSR count). The molecule has 0 saturated carbocycles. The van der Waals surface area contributed by atoms with Crippen molar-refractivity contribution in [2.24, 2.45) is 0 Å². The molecule has 0 amide bonds. The van der Waals surface area contributed by atoms with E-state index < -0.39 is 22.1 Å². The summed E-state index contributed by atoms with van der Waals surface area (Å²) in [4.78, 5) is 19.1. The van der Waals surface area contributed by atoms with Crippen LogP contribution in [0.15, 0.2) is 12.2 Å². The van der Waals surface area contributed by atoms with Gasteiger partial charge in [0, 0.05) is 12.2 Å². The molecule has 0 saturated heterocycles. The van der Waals surface area contributed by atoms with E-state index in [-0.39, 0.29) is 5.75 Å².